The second-order valence-corrected chi connectivity index (χ2v) is 4.01. The Kier molecular flexibility index (Phi) is 5.31. The highest BCUT2D eigenvalue weighted by Crippen LogP contribution is 2.24. The third-order valence-corrected chi connectivity index (χ3v) is 2.75. The summed E-state index contributed by atoms with van der Waals surface area (Å²) in [5, 5.41) is 4.84. The van der Waals surface area contributed by atoms with Crippen LogP contribution in [-0.2, 0) is 6.42 Å². The largest absolute Gasteiger partial charge is 0.316 e. The first-order valence-corrected chi connectivity index (χ1v) is 5.65. The highest BCUT2D eigenvalue weighted by Gasteiger charge is 2.03. The monoisotopic (exact) mass is 231 g/mol. The smallest absolute Gasteiger partial charge is 0.0453 e. The van der Waals surface area contributed by atoms with Crippen LogP contribution in [0.3, 0.4) is 0 Å². The molecule has 0 amide bonds. The van der Waals surface area contributed by atoms with Crippen molar-refractivity contribution in [1.82, 2.24) is 5.32 Å². The molecule has 1 aromatic rings. The van der Waals surface area contributed by atoms with E-state index in [1.54, 1.807) is 0 Å². The lowest BCUT2D eigenvalue weighted by Crippen LogP contribution is -2.18. The maximum Gasteiger partial charge on any atom is 0.0453 e. The first-order valence-electron chi connectivity index (χ1n) is 4.89. The van der Waals surface area contributed by atoms with Gasteiger partial charge in [0.2, 0.25) is 0 Å². The van der Waals surface area contributed by atoms with Gasteiger partial charge >= 0.3 is 0 Å². The van der Waals surface area contributed by atoms with Crippen LogP contribution in [0.4, 0.5) is 0 Å². The Morgan fingerprint density at radius 2 is 1.79 bits per heavy atom. The van der Waals surface area contributed by atoms with E-state index >= 15 is 0 Å². The topological polar surface area (TPSA) is 12.0 Å². The highest BCUT2D eigenvalue weighted by atomic mass is 35.5. The van der Waals surface area contributed by atoms with Crippen LogP contribution in [0.1, 0.15) is 18.9 Å². The van der Waals surface area contributed by atoms with Crippen molar-refractivity contribution < 1.29 is 0 Å². The molecule has 3 heteroatoms. The first-order chi connectivity index (χ1) is 6.75. The summed E-state index contributed by atoms with van der Waals surface area (Å²) >= 11 is 12.1. The SMILES string of the molecule is CCCNCCc1c(Cl)cccc1Cl. The van der Waals surface area contributed by atoms with Gasteiger partial charge in [-0.15, -0.1) is 0 Å². The van der Waals surface area contributed by atoms with Crippen LogP contribution in [0.25, 0.3) is 0 Å². The number of hydrogen-bond donors (Lipinski definition) is 1. The van der Waals surface area contributed by atoms with Crippen molar-refractivity contribution in [3.05, 3.63) is 33.8 Å². The quantitative estimate of drug-likeness (QED) is 0.765. The van der Waals surface area contributed by atoms with E-state index in [1.165, 1.54) is 0 Å². The molecule has 0 atom stereocenters. The fourth-order valence-electron chi connectivity index (χ4n) is 1.29. The van der Waals surface area contributed by atoms with Crippen LogP contribution >= 0.6 is 23.2 Å². The molecule has 14 heavy (non-hydrogen) atoms. The van der Waals surface area contributed by atoms with Gasteiger partial charge in [0.05, 0.1) is 0 Å². The number of halogens is 2. The lowest BCUT2D eigenvalue weighted by molar-refractivity contribution is 0.671. The Hall–Kier alpha value is -0.240. The molecule has 1 N–H and O–H groups in total. The molecule has 0 saturated heterocycles. The minimum absolute atomic E-state index is 0.760. The average Bonchev–Trinajstić information content (AvgIpc) is 2.16. The van der Waals surface area contributed by atoms with E-state index in [2.05, 4.69) is 12.2 Å². The van der Waals surface area contributed by atoms with Gasteiger partial charge in [0.15, 0.2) is 0 Å². The Balaban J connectivity index is 2.49. The maximum absolute atomic E-state index is 6.03. The predicted molar refractivity (Wildman–Crippen MR) is 63.3 cm³/mol. The third kappa shape index (κ3) is 3.49. The van der Waals surface area contributed by atoms with Crippen LogP contribution < -0.4 is 5.32 Å². The van der Waals surface area contributed by atoms with Crippen LogP contribution in [0.15, 0.2) is 18.2 Å². The molecule has 0 aliphatic rings. The van der Waals surface area contributed by atoms with Gasteiger partial charge in [-0.1, -0.05) is 36.2 Å². The highest BCUT2D eigenvalue weighted by molar-refractivity contribution is 6.35. The lowest BCUT2D eigenvalue weighted by Gasteiger charge is -2.07. The number of nitrogens with one attached hydrogen (secondary N) is 1. The molecule has 0 fully saturated rings. The standard InChI is InChI=1S/C11H15Cl2N/c1-2-7-14-8-6-9-10(12)4-3-5-11(9)13/h3-5,14H,2,6-8H2,1H3. The van der Waals surface area contributed by atoms with E-state index in [0.717, 1.165) is 41.5 Å². The van der Waals surface area contributed by atoms with Crippen molar-refractivity contribution in [1.29, 1.82) is 0 Å². The lowest BCUT2D eigenvalue weighted by atomic mass is 10.1. The van der Waals surface area contributed by atoms with Crippen LogP contribution in [-0.4, -0.2) is 13.1 Å². The summed E-state index contributed by atoms with van der Waals surface area (Å²) in [5.74, 6) is 0. The van der Waals surface area contributed by atoms with Gasteiger partial charge in [0.1, 0.15) is 0 Å². The zero-order chi connectivity index (χ0) is 10.4. The molecule has 1 aromatic carbocycles. The summed E-state index contributed by atoms with van der Waals surface area (Å²) in [7, 11) is 0. The Morgan fingerprint density at radius 1 is 1.14 bits per heavy atom. The number of hydrogen-bond acceptors (Lipinski definition) is 1. The molecule has 78 valence electrons. The zero-order valence-electron chi connectivity index (χ0n) is 8.32. The summed E-state index contributed by atoms with van der Waals surface area (Å²) < 4.78 is 0. The normalized spacial score (nSPS) is 10.5. The summed E-state index contributed by atoms with van der Waals surface area (Å²) in [4.78, 5) is 0. The number of benzene rings is 1. The second kappa shape index (κ2) is 6.28. The van der Waals surface area contributed by atoms with Crippen molar-refractivity contribution in [2.75, 3.05) is 13.1 Å². The van der Waals surface area contributed by atoms with E-state index in [1.807, 2.05) is 18.2 Å². The van der Waals surface area contributed by atoms with Gasteiger partial charge in [-0.05, 0) is 43.6 Å². The molecular weight excluding hydrogens is 217 g/mol. The molecule has 0 bridgehead atoms. The minimum atomic E-state index is 0.760. The second-order valence-electron chi connectivity index (χ2n) is 3.20. The van der Waals surface area contributed by atoms with Gasteiger partial charge in [-0.25, -0.2) is 0 Å². The average molecular weight is 232 g/mol. The van der Waals surface area contributed by atoms with E-state index in [0.29, 0.717) is 0 Å². The minimum Gasteiger partial charge on any atom is -0.316 e. The van der Waals surface area contributed by atoms with Gasteiger partial charge in [0.25, 0.3) is 0 Å². The van der Waals surface area contributed by atoms with Crippen LogP contribution in [0.5, 0.6) is 0 Å². The van der Waals surface area contributed by atoms with Crippen molar-refractivity contribution in [3.8, 4) is 0 Å². The zero-order valence-corrected chi connectivity index (χ0v) is 9.83. The van der Waals surface area contributed by atoms with Crippen LogP contribution in [0, 0.1) is 0 Å². The van der Waals surface area contributed by atoms with E-state index < -0.39 is 0 Å². The third-order valence-electron chi connectivity index (χ3n) is 2.04. The van der Waals surface area contributed by atoms with Gasteiger partial charge in [-0.3, -0.25) is 0 Å². The first kappa shape index (κ1) is 11.8. The molecule has 0 saturated carbocycles. The molecule has 0 aliphatic carbocycles. The predicted octanol–water partition coefficient (Wildman–Crippen LogP) is 3.54. The van der Waals surface area contributed by atoms with Crippen molar-refractivity contribution in [2.45, 2.75) is 19.8 Å². The van der Waals surface area contributed by atoms with Crippen molar-refractivity contribution in [3.63, 3.8) is 0 Å². The molecule has 0 aromatic heterocycles. The Labute approximate surface area is 95.4 Å². The summed E-state index contributed by atoms with van der Waals surface area (Å²) in [6.07, 6.45) is 2.04. The molecule has 1 nitrogen and oxygen atoms in total. The van der Waals surface area contributed by atoms with Crippen LogP contribution in [0.2, 0.25) is 10.0 Å². The van der Waals surface area contributed by atoms with E-state index in [-0.39, 0.29) is 0 Å². The maximum atomic E-state index is 6.03. The molecule has 0 spiro atoms. The van der Waals surface area contributed by atoms with Crippen molar-refractivity contribution in [2.24, 2.45) is 0 Å². The summed E-state index contributed by atoms with van der Waals surface area (Å²) in [6.45, 7) is 4.12. The van der Waals surface area contributed by atoms with Gasteiger partial charge in [0, 0.05) is 10.0 Å². The summed E-state index contributed by atoms with van der Waals surface area (Å²) in [6, 6.07) is 5.62. The van der Waals surface area contributed by atoms with Gasteiger partial charge < -0.3 is 5.32 Å². The molecule has 0 unspecified atom stereocenters. The van der Waals surface area contributed by atoms with Gasteiger partial charge in [-0.2, -0.15) is 0 Å². The molecule has 0 aliphatic heterocycles. The molecule has 1 rings (SSSR count). The number of rotatable bonds is 5. The van der Waals surface area contributed by atoms with E-state index in [4.69, 9.17) is 23.2 Å². The molecule has 0 heterocycles. The summed E-state index contributed by atoms with van der Waals surface area (Å²) in [5.41, 5.74) is 1.04. The Morgan fingerprint density at radius 3 is 2.36 bits per heavy atom. The van der Waals surface area contributed by atoms with Crippen molar-refractivity contribution >= 4 is 23.2 Å². The Bertz CT molecular complexity index is 266. The fourth-order valence-corrected chi connectivity index (χ4v) is 1.87. The molecular formula is C11H15Cl2N. The molecule has 0 radical (unpaired) electrons. The fraction of sp³-hybridized carbons (Fsp3) is 0.455. The van der Waals surface area contributed by atoms with E-state index in [9.17, 15) is 0 Å².